The molecule has 0 aromatic heterocycles. The van der Waals surface area contributed by atoms with Crippen LogP contribution in [0.4, 0.5) is 8.78 Å². The Labute approximate surface area is 159 Å². The van der Waals surface area contributed by atoms with Gasteiger partial charge in [-0.25, -0.2) is 8.78 Å². The van der Waals surface area contributed by atoms with Gasteiger partial charge in [0.15, 0.2) is 5.12 Å². The van der Waals surface area contributed by atoms with Crippen LogP contribution < -0.4 is 0 Å². The Balaban J connectivity index is 2.38. The van der Waals surface area contributed by atoms with E-state index in [1.165, 1.54) is 19.1 Å². The molecule has 0 amide bonds. The normalized spacial score (nSPS) is 19.4. The zero-order chi connectivity index (χ0) is 19.0. The lowest BCUT2D eigenvalue weighted by molar-refractivity contribution is -0.109. The third kappa shape index (κ3) is 4.73. The second-order valence-electron chi connectivity index (χ2n) is 6.89. The van der Waals surface area contributed by atoms with Crippen LogP contribution in [0.2, 0.25) is 0 Å². The van der Waals surface area contributed by atoms with Crippen LogP contribution in [0.5, 0.6) is 0 Å². The van der Waals surface area contributed by atoms with Crippen LogP contribution in [-0.2, 0) is 14.1 Å². The Morgan fingerprint density at radius 2 is 1.68 bits per heavy atom. The minimum absolute atomic E-state index is 0.0596. The minimum Gasteiger partial charge on any atom is -0.400 e. The highest BCUT2D eigenvalue weighted by Crippen LogP contribution is 2.39. The van der Waals surface area contributed by atoms with Gasteiger partial charge in [0, 0.05) is 12.7 Å². The van der Waals surface area contributed by atoms with Crippen molar-refractivity contribution in [3.63, 3.8) is 0 Å². The summed E-state index contributed by atoms with van der Waals surface area (Å²) in [6, 6.07) is 2.44. The first-order valence-electron chi connectivity index (χ1n) is 7.77. The van der Waals surface area contributed by atoms with Crippen LogP contribution in [-0.4, -0.2) is 29.2 Å². The molecule has 0 aliphatic carbocycles. The lowest BCUT2D eigenvalue weighted by Crippen LogP contribution is -2.41. The fraction of sp³-hybridized carbons (Fsp3) is 0.471. The molecule has 2 rings (SSSR count). The predicted octanol–water partition coefficient (Wildman–Crippen LogP) is 5.02. The molecule has 0 N–H and O–H groups in total. The fourth-order valence-corrected chi connectivity index (χ4v) is 3.05. The molecule has 0 unspecified atom stereocenters. The lowest BCUT2D eigenvalue weighted by atomic mass is 9.78. The molecule has 0 bridgehead atoms. The lowest BCUT2D eigenvalue weighted by Gasteiger charge is -2.32. The van der Waals surface area contributed by atoms with Gasteiger partial charge in [0.05, 0.1) is 15.7 Å². The van der Waals surface area contributed by atoms with Crippen molar-refractivity contribution >= 4 is 46.0 Å². The van der Waals surface area contributed by atoms with Gasteiger partial charge in [-0.3, -0.25) is 4.79 Å². The van der Waals surface area contributed by atoms with Gasteiger partial charge in [-0.15, -0.1) is 0 Å². The molecule has 1 aromatic carbocycles. The number of hydrogen-bond donors (Lipinski definition) is 0. The van der Waals surface area contributed by atoms with Crippen molar-refractivity contribution in [3.05, 3.63) is 39.3 Å². The molecule has 0 spiro atoms. The van der Waals surface area contributed by atoms with Crippen molar-refractivity contribution in [2.45, 2.75) is 45.8 Å². The summed E-state index contributed by atoms with van der Waals surface area (Å²) in [5.74, 6) is -1.08. The summed E-state index contributed by atoms with van der Waals surface area (Å²) in [5.41, 5.74) is -0.117. The van der Waals surface area contributed by atoms with Crippen molar-refractivity contribution in [1.29, 1.82) is 0 Å². The quantitative estimate of drug-likeness (QED) is 0.494. The molecule has 136 valence electrons. The van der Waals surface area contributed by atoms with Gasteiger partial charge in [0.25, 0.3) is 0 Å². The Hall–Kier alpha value is -0.695. The Bertz CT molecular complexity index is 683. The van der Waals surface area contributed by atoms with E-state index in [4.69, 9.17) is 9.31 Å². The molecule has 0 saturated carbocycles. The Morgan fingerprint density at radius 1 is 1.20 bits per heavy atom. The molecule has 1 aromatic rings. The largest absolute Gasteiger partial charge is 0.491 e. The first kappa shape index (κ1) is 20.6. The maximum absolute atomic E-state index is 13.8. The molecule has 1 aliphatic rings. The molecule has 1 fully saturated rings. The van der Waals surface area contributed by atoms with Gasteiger partial charge in [-0.05, 0) is 66.8 Å². The predicted molar refractivity (Wildman–Crippen MR) is 101 cm³/mol. The summed E-state index contributed by atoms with van der Waals surface area (Å²) in [6.45, 7) is 9.14. The molecule has 1 heterocycles. The highest BCUT2D eigenvalue weighted by Gasteiger charge is 2.52. The maximum Gasteiger partial charge on any atom is 0.491 e. The van der Waals surface area contributed by atoms with Gasteiger partial charge >= 0.3 is 7.12 Å². The van der Waals surface area contributed by atoms with Crippen LogP contribution in [0.25, 0.3) is 6.08 Å². The van der Waals surface area contributed by atoms with E-state index in [9.17, 15) is 13.6 Å². The van der Waals surface area contributed by atoms with Crippen molar-refractivity contribution in [2.24, 2.45) is 0 Å². The van der Waals surface area contributed by atoms with Crippen LogP contribution in [0.15, 0.2) is 22.1 Å². The smallest absolute Gasteiger partial charge is 0.400 e. The Kier molecular flexibility index (Phi) is 6.19. The van der Waals surface area contributed by atoms with E-state index in [0.29, 0.717) is 16.8 Å². The van der Waals surface area contributed by atoms with Crippen LogP contribution in [0, 0.1) is 11.6 Å². The molecular weight excluding hydrogens is 413 g/mol. The van der Waals surface area contributed by atoms with Crippen molar-refractivity contribution in [2.75, 3.05) is 5.75 Å². The second-order valence-corrected chi connectivity index (χ2v) is 8.83. The monoisotopic (exact) mass is 432 g/mol. The van der Waals surface area contributed by atoms with Crippen LogP contribution in [0.1, 0.15) is 40.2 Å². The van der Waals surface area contributed by atoms with E-state index in [1.807, 2.05) is 27.7 Å². The number of benzene rings is 1. The standard InChI is InChI=1S/C17H20BBrF2O3S/c1-10(22)25-9-12(18-23-16(2,3)17(4,5)24-18)6-11-7-13(20)15(19)14(21)8-11/h6-8H,9H2,1-5H3. The van der Waals surface area contributed by atoms with E-state index >= 15 is 0 Å². The van der Waals surface area contributed by atoms with Gasteiger partial charge in [-0.1, -0.05) is 17.8 Å². The average molecular weight is 433 g/mol. The SMILES string of the molecule is CC(=O)SCC(=Cc1cc(F)c(Br)c(F)c1)B1OC(C)(C)C(C)(C)O1. The Morgan fingerprint density at radius 3 is 2.12 bits per heavy atom. The van der Waals surface area contributed by atoms with Gasteiger partial charge in [0.2, 0.25) is 0 Å². The topological polar surface area (TPSA) is 35.5 Å². The molecule has 1 saturated heterocycles. The third-order valence-corrected chi connectivity index (χ3v) is 6.00. The van der Waals surface area contributed by atoms with E-state index < -0.39 is 30.0 Å². The van der Waals surface area contributed by atoms with Crippen molar-refractivity contribution in [1.82, 2.24) is 0 Å². The highest BCUT2D eigenvalue weighted by atomic mass is 79.9. The zero-order valence-electron chi connectivity index (χ0n) is 14.8. The number of hydrogen-bond acceptors (Lipinski definition) is 4. The van der Waals surface area contributed by atoms with Crippen LogP contribution in [0.3, 0.4) is 0 Å². The number of rotatable bonds is 4. The van der Waals surface area contributed by atoms with Crippen molar-refractivity contribution < 1.29 is 22.9 Å². The average Bonchev–Trinajstić information content (AvgIpc) is 2.68. The molecule has 3 nitrogen and oxygen atoms in total. The maximum atomic E-state index is 13.8. The van der Waals surface area contributed by atoms with Gasteiger partial charge in [-0.2, -0.15) is 0 Å². The summed E-state index contributed by atoms with van der Waals surface area (Å²) in [7, 11) is -0.688. The highest BCUT2D eigenvalue weighted by molar-refractivity contribution is 9.10. The van der Waals surface area contributed by atoms with Gasteiger partial charge in [0.1, 0.15) is 11.6 Å². The molecule has 25 heavy (non-hydrogen) atoms. The van der Waals surface area contributed by atoms with Crippen LogP contribution >= 0.6 is 27.7 Å². The number of halogens is 3. The van der Waals surface area contributed by atoms with E-state index in [1.54, 1.807) is 6.08 Å². The molecule has 0 radical (unpaired) electrons. The number of carbonyl (C=O) groups excluding carboxylic acids is 1. The van der Waals surface area contributed by atoms with Crippen molar-refractivity contribution in [3.8, 4) is 0 Å². The third-order valence-electron chi connectivity index (χ3n) is 4.36. The zero-order valence-corrected chi connectivity index (χ0v) is 17.2. The minimum atomic E-state index is -0.696. The summed E-state index contributed by atoms with van der Waals surface area (Å²) < 4.78 is 39.4. The second kappa shape index (κ2) is 7.51. The number of carbonyl (C=O) groups is 1. The first-order chi connectivity index (χ1) is 11.4. The molecule has 0 atom stereocenters. The number of thioether (sulfide) groups is 1. The summed E-state index contributed by atoms with van der Waals surface area (Å²) in [5, 5.41) is -0.0596. The van der Waals surface area contributed by atoms with E-state index in [2.05, 4.69) is 15.9 Å². The summed E-state index contributed by atoms with van der Waals surface area (Å²) in [4.78, 5) is 11.4. The van der Waals surface area contributed by atoms with Gasteiger partial charge < -0.3 is 9.31 Å². The van der Waals surface area contributed by atoms with E-state index in [-0.39, 0.29) is 9.59 Å². The summed E-state index contributed by atoms with van der Waals surface area (Å²) in [6.07, 6.45) is 1.61. The van der Waals surface area contributed by atoms with E-state index in [0.717, 1.165) is 11.8 Å². The molecule has 1 aliphatic heterocycles. The summed E-state index contributed by atoms with van der Waals surface area (Å²) >= 11 is 3.95. The molecule has 8 heteroatoms. The molecular formula is C17H20BBrF2O3S. The first-order valence-corrected chi connectivity index (χ1v) is 9.55. The fourth-order valence-electron chi connectivity index (χ4n) is 2.23.